The molecule has 0 heterocycles. The van der Waals surface area contributed by atoms with Crippen molar-refractivity contribution in [2.75, 3.05) is 12.4 Å². The Morgan fingerprint density at radius 2 is 1.93 bits per heavy atom. The van der Waals surface area contributed by atoms with E-state index in [-0.39, 0.29) is 5.02 Å². The molecule has 0 spiro atoms. The first-order chi connectivity index (χ1) is 6.93. The Bertz CT molecular complexity index is 395. The summed E-state index contributed by atoms with van der Waals surface area (Å²) in [7, 11) is 1.61. The Balaban J connectivity index is 2.97. The highest BCUT2D eigenvalue weighted by atomic mass is 35.5. The second-order valence-electron chi connectivity index (χ2n) is 2.76. The highest BCUT2D eigenvalue weighted by Gasteiger charge is 2.10. The van der Waals surface area contributed by atoms with Gasteiger partial charge in [0.25, 0.3) is 0 Å². The molecule has 0 aromatic heterocycles. The summed E-state index contributed by atoms with van der Waals surface area (Å²) in [5.74, 6) is 5.43. The number of thiocarbonyl (C=S) groups is 1. The molecule has 0 saturated heterocycles. The maximum absolute atomic E-state index is 5.95. The zero-order chi connectivity index (χ0) is 11.6. The van der Waals surface area contributed by atoms with Crippen LogP contribution in [-0.2, 0) is 0 Å². The highest BCUT2D eigenvalue weighted by Crippen LogP contribution is 2.35. The summed E-state index contributed by atoms with van der Waals surface area (Å²) in [6, 6.07) is 3.30. The van der Waals surface area contributed by atoms with E-state index in [0.717, 1.165) is 0 Å². The molecule has 0 aliphatic carbocycles. The van der Waals surface area contributed by atoms with Gasteiger partial charge in [-0.25, -0.2) is 5.84 Å². The molecule has 0 amide bonds. The quantitative estimate of drug-likeness (QED) is 0.360. The van der Waals surface area contributed by atoms with Crippen LogP contribution in [0.2, 0.25) is 15.1 Å². The van der Waals surface area contributed by atoms with Gasteiger partial charge >= 0.3 is 0 Å². The predicted octanol–water partition coefficient (Wildman–Crippen LogP) is 3.15. The van der Waals surface area contributed by atoms with Crippen LogP contribution in [0.3, 0.4) is 0 Å². The van der Waals surface area contributed by atoms with Crippen molar-refractivity contribution in [1.29, 1.82) is 0 Å². The summed E-state index contributed by atoms with van der Waals surface area (Å²) in [6.07, 6.45) is 0. The number of hydrogen-bond donors (Lipinski definition) is 2. The second-order valence-corrected chi connectivity index (χ2v) is 4.31. The van der Waals surface area contributed by atoms with E-state index in [1.807, 2.05) is 0 Å². The van der Waals surface area contributed by atoms with Gasteiger partial charge in [-0.1, -0.05) is 34.8 Å². The molecule has 0 fully saturated rings. The zero-order valence-corrected chi connectivity index (χ0v) is 10.8. The number of halogens is 3. The summed E-state index contributed by atoms with van der Waals surface area (Å²) in [5, 5.41) is 5.41. The summed E-state index contributed by atoms with van der Waals surface area (Å²) < 4.78 is 0. The first kappa shape index (κ1) is 12.8. The van der Waals surface area contributed by atoms with Gasteiger partial charge in [0.15, 0.2) is 5.11 Å². The van der Waals surface area contributed by atoms with Gasteiger partial charge in [-0.2, -0.15) is 0 Å². The molecular weight excluding hydrogens is 277 g/mol. The Kier molecular flexibility index (Phi) is 4.43. The topological polar surface area (TPSA) is 41.3 Å². The van der Waals surface area contributed by atoms with Crippen LogP contribution in [0.25, 0.3) is 0 Å². The number of benzene rings is 1. The van der Waals surface area contributed by atoms with Gasteiger partial charge in [-0.05, 0) is 24.4 Å². The fourth-order valence-corrected chi connectivity index (χ4v) is 1.52. The van der Waals surface area contributed by atoms with E-state index in [2.05, 4.69) is 5.32 Å². The summed E-state index contributed by atoms with van der Waals surface area (Å²) in [5.41, 5.74) is 0.563. The van der Waals surface area contributed by atoms with E-state index in [0.29, 0.717) is 20.8 Å². The first-order valence-corrected chi connectivity index (χ1v) is 5.40. The highest BCUT2D eigenvalue weighted by molar-refractivity contribution is 7.80. The summed E-state index contributed by atoms with van der Waals surface area (Å²) in [6.45, 7) is 0. The number of nitrogens with two attached hydrogens (primary N) is 1. The van der Waals surface area contributed by atoms with Crippen LogP contribution >= 0.6 is 47.0 Å². The van der Waals surface area contributed by atoms with E-state index in [4.69, 9.17) is 52.9 Å². The molecule has 7 heteroatoms. The van der Waals surface area contributed by atoms with Crippen LogP contribution in [-0.4, -0.2) is 17.2 Å². The number of nitrogens with one attached hydrogen (secondary N) is 1. The van der Waals surface area contributed by atoms with Crippen molar-refractivity contribution in [1.82, 2.24) is 5.01 Å². The molecule has 15 heavy (non-hydrogen) atoms. The van der Waals surface area contributed by atoms with Gasteiger partial charge in [0.05, 0.1) is 20.8 Å². The van der Waals surface area contributed by atoms with Gasteiger partial charge in [0.2, 0.25) is 0 Å². The number of anilines is 1. The number of hydrazine groups is 1. The third kappa shape index (κ3) is 3.09. The minimum absolute atomic E-state index is 0.283. The molecule has 82 valence electrons. The van der Waals surface area contributed by atoms with E-state index in [1.54, 1.807) is 19.2 Å². The molecule has 0 saturated carbocycles. The van der Waals surface area contributed by atoms with Crippen LogP contribution < -0.4 is 11.2 Å². The summed E-state index contributed by atoms with van der Waals surface area (Å²) >= 11 is 22.5. The number of rotatable bonds is 1. The van der Waals surface area contributed by atoms with Crippen LogP contribution in [0.15, 0.2) is 12.1 Å². The largest absolute Gasteiger partial charge is 0.330 e. The van der Waals surface area contributed by atoms with Crippen molar-refractivity contribution in [3.8, 4) is 0 Å². The molecule has 1 aromatic rings. The van der Waals surface area contributed by atoms with Gasteiger partial charge < -0.3 is 5.32 Å². The lowest BCUT2D eigenvalue weighted by molar-refractivity contribution is 0.548. The molecule has 0 radical (unpaired) electrons. The van der Waals surface area contributed by atoms with Crippen molar-refractivity contribution < 1.29 is 0 Å². The van der Waals surface area contributed by atoms with Crippen molar-refractivity contribution >= 4 is 57.8 Å². The lowest BCUT2D eigenvalue weighted by Gasteiger charge is -2.16. The average molecular weight is 285 g/mol. The van der Waals surface area contributed by atoms with Gasteiger partial charge in [-0.15, -0.1) is 0 Å². The number of nitrogens with zero attached hydrogens (tertiary/aromatic N) is 1. The molecule has 0 aliphatic rings. The third-order valence-electron chi connectivity index (χ3n) is 1.60. The first-order valence-electron chi connectivity index (χ1n) is 3.86. The van der Waals surface area contributed by atoms with Crippen molar-refractivity contribution in [2.24, 2.45) is 5.84 Å². The Hall–Kier alpha value is -0.260. The van der Waals surface area contributed by atoms with Gasteiger partial charge in [0.1, 0.15) is 0 Å². The smallest absolute Gasteiger partial charge is 0.187 e. The van der Waals surface area contributed by atoms with E-state index in [9.17, 15) is 0 Å². The Morgan fingerprint density at radius 1 is 1.33 bits per heavy atom. The SMILES string of the molecule is CN(N)C(=S)Nc1ccc(Cl)c(Cl)c1Cl. The second kappa shape index (κ2) is 5.18. The van der Waals surface area contributed by atoms with E-state index < -0.39 is 0 Å². The number of hydrogen-bond acceptors (Lipinski definition) is 2. The van der Waals surface area contributed by atoms with Gasteiger partial charge in [0, 0.05) is 7.05 Å². The molecule has 3 N–H and O–H groups in total. The lowest BCUT2D eigenvalue weighted by Crippen LogP contribution is -2.36. The lowest BCUT2D eigenvalue weighted by atomic mass is 10.3. The molecule has 1 rings (SSSR count). The minimum Gasteiger partial charge on any atom is -0.330 e. The monoisotopic (exact) mass is 283 g/mol. The van der Waals surface area contributed by atoms with Gasteiger partial charge in [-0.3, -0.25) is 5.01 Å². The van der Waals surface area contributed by atoms with E-state index >= 15 is 0 Å². The van der Waals surface area contributed by atoms with Crippen molar-refractivity contribution in [3.05, 3.63) is 27.2 Å². The van der Waals surface area contributed by atoms with Crippen LogP contribution in [0.1, 0.15) is 0 Å². The Morgan fingerprint density at radius 3 is 2.47 bits per heavy atom. The van der Waals surface area contributed by atoms with Crippen molar-refractivity contribution in [2.45, 2.75) is 0 Å². The molecule has 0 aliphatic heterocycles. The molecule has 0 bridgehead atoms. The Labute approximate surface area is 108 Å². The molecule has 0 unspecified atom stereocenters. The minimum atomic E-state index is 0.283. The fraction of sp³-hybridized carbons (Fsp3) is 0.125. The maximum atomic E-state index is 5.95. The van der Waals surface area contributed by atoms with Crippen molar-refractivity contribution in [3.63, 3.8) is 0 Å². The van der Waals surface area contributed by atoms with E-state index in [1.165, 1.54) is 5.01 Å². The third-order valence-corrected chi connectivity index (χ3v) is 3.28. The maximum Gasteiger partial charge on any atom is 0.187 e. The van der Waals surface area contributed by atoms with Crippen LogP contribution in [0.4, 0.5) is 5.69 Å². The zero-order valence-electron chi connectivity index (χ0n) is 7.72. The van der Waals surface area contributed by atoms with Crippen LogP contribution in [0.5, 0.6) is 0 Å². The molecule has 1 aromatic carbocycles. The predicted molar refractivity (Wildman–Crippen MR) is 69.6 cm³/mol. The molecular formula is C8H8Cl3N3S. The standard InChI is InChI=1S/C8H8Cl3N3S/c1-14(12)8(15)13-5-3-2-4(9)6(10)7(5)11/h2-3H,12H2,1H3,(H,13,15). The average Bonchev–Trinajstić information content (AvgIpc) is 2.18. The molecule has 3 nitrogen and oxygen atoms in total. The van der Waals surface area contributed by atoms with Crippen LogP contribution in [0, 0.1) is 0 Å². The fourth-order valence-electron chi connectivity index (χ4n) is 0.826. The summed E-state index contributed by atoms with van der Waals surface area (Å²) in [4.78, 5) is 0. The normalized spacial score (nSPS) is 9.93. The molecule has 0 atom stereocenters.